The zero-order valence-corrected chi connectivity index (χ0v) is 17.4. The zero-order valence-electron chi connectivity index (χ0n) is 17.4. The maximum absolute atomic E-state index is 14.2. The summed E-state index contributed by atoms with van der Waals surface area (Å²) >= 11 is 0. The number of halogens is 1. The van der Waals surface area contributed by atoms with Crippen molar-refractivity contribution in [1.82, 2.24) is 15.6 Å². The molecule has 3 aromatic rings. The van der Waals surface area contributed by atoms with Gasteiger partial charge in [0.05, 0.1) is 0 Å². The van der Waals surface area contributed by atoms with Crippen molar-refractivity contribution in [2.75, 3.05) is 5.73 Å². The fraction of sp³-hybridized carbons (Fsp3) is 0.208. The van der Waals surface area contributed by atoms with Gasteiger partial charge in [-0.05, 0) is 28.8 Å². The third-order valence-electron chi connectivity index (χ3n) is 4.90. The van der Waals surface area contributed by atoms with E-state index in [4.69, 9.17) is 5.73 Å². The van der Waals surface area contributed by atoms with Crippen molar-refractivity contribution in [2.24, 2.45) is 0 Å². The molecule has 32 heavy (non-hydrogen) atoms. The molecule has 8 heteroatoms. The number of nitrogen functional groups attached to an aromatic ring is 1. The SMILES string of the molecule is Nc1ccc(CNC(=O)[C@H](Cc2ccccc2F)NC(=O)C(O)Cc2ccccc2)cn1. The summed E-state index contributed by atoms with van der Waals surface area (Å²) < 4.78 is 14.2. The lowest BCUT2D eigenvalue weighted by Crippen LogP contribution is -2.51. The molecule has 2 amide bonds. The van der Waals surface area contributed by atoms with Crippen molar-refractivity contribution >= 4 is 17.6 Å². The van der Waals surface area contributed by atoms with Crippen molar-refractivity contribution in [3.63, 3.8) is 0 Å². The molecule has 0 aliphatic heterocycles. The molecule has 5 N–H and O–H groups in total. The number of hydrogen-bond donors (Lipinski definition) is 4. The van der Waals surface area contributed by atoms with Gasteiger partial charge in [-0.1, -0.05) is 54.6 Å². The van der Waals surface area contributed by atoms with Crippen LogP contribution in [0.4, 0.5) is 10.2 Å². The molecule has 0 fully saturated rings. The van der Waals surface area contributed by atoms with Crippen LogP contribution in [0.5, 0.6) is 0 Å². The summed E-state index contributed by atoms with van der Waals surface area (Å²) in [5.74, 6) is -1.34. The maximum Gasteiger partial charge on any atom is 0.249 e. The molecule has 0 saturated carbocycles. The molecule has 2 atom stereocenters. The number of aromatic nitrogens is 1. The van der Waals surface area contributed by atoms with E-state index in [2.05, 4.69) is 15.6 Å². The van der Waals surface area contributed by atoms with Crippen LogP contribution < -0.4 is 16.4 Å². The van der Waals surface area contributed by atoms with Gasteiger partial charge in [0.25, 0.3) is 0 Å². The molecule has 0 bridgehead atoms. The van der Waals surface area contributed by atoms with Gasteiger partial charge in [0.15, 0.2) is 0 Å². The Morgan fingerprint density at radius 1 is 0.938 bits per heavy atom. The molecule has 1 heterocycles. The van der Waals surface area contributed by atoms with E-state index >= 15 is 0 Å². The van der Waals surface area contributed by atoms with Gasteiger partial charge in [-0.3, -0.25) is 9.59 Å². The van der Waals surface area contributed by atoms with Gasteiger partial charge in [-0.2, -0.15) is 0 Å². The Balaban J connectivity index is 1.69. The van der Waals surface area contributed by atoms with Crippen LogP contribution in [0.3, 0.4) is 0 Å². The third kappa shape index (κ3) is 6.61. The predicted octanol–water partition coefficient (Wildman–Crippen LogP) is 1.75. The fourth-order valence-corrected chi connectivity index (χ4v) is 3.14. The molecule has 1 aromatic heterocycles. The Bertz CT molecular complexity index is 1040. The number of pyridine rings is 1. The normalized spacial score (nSPS) is 12.6. The molecule has 166 valence electrons. The maximum atomic E-state index is 14.2. The van der Waals surface area contributed by atoms with Crippen molar-refractivity contribution < 1.29 is 19.1 Å². The van der Waals surface area contributed by atoms with Crippen LogP contribution in [-0.2, 0) is 29.0 Å². The molecular weight excluding hydrogens is 411 g/mol. The lowest BCUT2D eigenvalue weighted by atomic mass is 10.0. The molecule has 0 aliphatic carbocycles. The minimum atomic E-state index is -1.35. The average Bonchev–Trinajstić information content (AvgIpc) is 2.80. The Morgan fingerprint density at radius 2 is 1.66 bits per heavy atom. The van der Waals surface area contributed by atoms with Gasteiger partial charge < -0.3 is 21.5 Å². The number of aliphatic hydroxyl groups excluding tert-OH is 1. The lowest BCUT2D eigenvalue weighted by Gasteiger charge is -2.21. The number of nitrogens with zero attached hydrogens (tertiary/aromatic N) is 1. The summed E-state index contributed by atoms with van der Waals surface area (Å²) in [6.45, 7) is 0.155. The van der Waals surface area contributed by atoms with Crippen molar-refractivity contribution in [3.8, 4) is 0 Å². The van der Waals surface area contributed by atoms with E-state index in [1.165, 1.54) is 12.3 Å². The minimum absolute atomic E-state index is 0.0672. The molecule has 3 rings (SSSR count). The average molecular weight is 436 g/mol. The smallest absolute Gasteiger partial charge is 0.249 e. The van der Waals surface area contributed by atoms with Gasteiger partial charge in [-0.25, -0.2) is 9.37 Å². The summed E-state index contributed by atoms with van der Waals surface area (Å²) in [6, 6.07) is 17.3. The number of anilines is 1. The van der Waals surface area contributed by atoms with Crippen LogP contribution in [-0.4, -0.2) is 34.1 Å². The molecule has 0 radical (unpaired) electrons. The van der Waals surface area contributed by atoms with Crippen LogP contribution >= 0.6 is 0 Å². The number of nitrogens with two attached hydrogens (primary N) is 1. The number of nitrogens with one attached hydrogen (secondary N) is 2. The molecule has 0 spiro atoms. The van der Waals surface area contributed by atoms with Crippen molar-refractivity contribution in [2.45, 2.75) is 31.5 Å². The van der Waals surface area contributed by atoms with E-state index in [0.29, 0.717) is 11.4 Å². The first-order valence-electron chi connectivity index (χ1n) is 10.2. The Labute approximate surface area is 185 Å². The summed E-state index contributed by atoms with van der Waals surface area (Å²) in [4.78, 5) is 29.4. The number of carbonyl (C=O) groups is 2. The highest BCUT2D eigenvalue weighted by molar-refractivity contribution is 5.89. The van der Waals surface area contributed by atoms with E-state index in [1.807, 2.05) is 6.07 Å². The van der Waals surface area contributed by atoms with E-state index in [-0.39, 0.29) is 24.9 Å². The largest absolute Gasteiger partial charge is 0.384 e. The standard InChI is InChI=1S/C24H25FN4O3/c25-19-9-5-4-8-18(19)13-20(23(31)28-15-17-10-11-22(26)27-14-17)29-24(32)21(30)12-16-6-2-1-3-7-16/h1-11,14,20-21,30H,12-13,15H2,(H2,26,27)(H,28,31)(H,29,32)/t20-,21?/m0/s1. The number of hydrogen-bond acceptors (Lipinski definition) is 5. The summed E-state index contributed by atoms with van der Waals surface area (Å²) in [5.41, 5.74) is 7.34. The highest BCUT2D eigenvalue weighted by Gasteiger charge is 2.25. The lowest BCUT2D eigenvalue weighted by molar-refractivity contribution is -0.134. The summed E-state index contributed by atoms with van der Waals surface area (Å²) in [7, 11) is 0. The second-order valence-corrected chi connectivity index (χ2v) is 7.37. The topological polar surface area (TPSA) is 117 Å². The monoisotopic (exact) mass is 436 g/mol. The van der Waals surface area contributed by atoms with Crippen molar-refractivity contribution in [1.29, 1.82) is 0 Å². The first-order chi connectivity index (χ1) is 15.4. The zero-order chi connectivity index (χ0) is 22.9. The molecule has 7 nitrogen and oxygen atoms in total. The predicted molar refractivity (Wildman–Crippen MR) is 119 cm³/mol. The second-order valence-electron chi connectivity index (χ2n) is 7.37. The third-order valence-corrected chi connectivity index (χ3v) is 4.90. The number of amides is 2. The highest BCUT2D eigenvalue weighted by atomic mass is 19.1. The number of carbonyl (C=O) groups excluding carboxylic acids is 2. The second kappa shape index (κ2) is 11.0. The van der Waals surface area contributed by atoms with E-state index in [0.717, 1.165) is 5.56 Å². The van der Waals surface area contributed by atoms with E-state index < -0.39 is 29.8 Å². The molecule has 2 aromatic carbocycles. The Kier molecular flexibility index (Phi) is 7.88. The molecule has 0 saturated heterocycles. The minimum Gasteiger partial charge on any atom is -0.384 e. The van der Waals surface area contributed by atoms with Gasteiger partial charge in [0, 0.05) is 25.6 Å². The van der Waals surface area contributed by atoms with Gasteiger partial charge in [0.1, 0.15) is 23.8 Å². The Morgan fingerprint density at radius 3 is 2.34 bits per heavy atom. The van der Waals surface area contributed by atoms with Crippen LogP contribution in [0.15, 0.2) is 72.9 Å². The first kappa shape index (κ1) is 22.9. The highest BCUT2D eigenvalue weighted by Crippen LogP contribution is 2.11. The van der Waals surface area contributed by atoms with Crippen molar-refractivity contribution in [3.05, 3.63) is 95.4 Å². The molecule has 0 aliphatic rings. The summed E-state index contributed by atoms with van der Waals surface area (Å²) in [6.07, 6.45) is 0.207. The van der Waals surface area contributed by atoms with E-state index in [9.17, 15) is 19.1 Å². The van der Waals surface area contributed by atoms with Gasteiger partial charge in [-0.15, -0.1) is 0 Å². The van der Waals surface area contributed by atoms with Gasteiger partial charge >= 0.3 is 0 Å². The Hall–Kier alpha value is -3.78. The fourth-order valence-electron chi connectivity index (χ4n) is 3.14. The van der Waals surface area contributed by atoms with Gasteiger partial charge in [0.2, 0.25) is 11.8 Å². The number of benzene rings is 2. The molecular formula is C24H25FN4O3. The van der Waals surface area contributed by atoms with Crippen LogP contribution in [0.1, 0.15) is 16.7 Å². The quantitative estimate of drug-likeness (QED) is 0.408. The van der Waals surface area contributed by atoms with Crippen LogP contribution in [0.2, 0.25) is 0 Å². The number of rotatable bonds is 9. The summed E-state index contributed by atoms with van der Waals surface area (Å²) in [5, 5.41) is 15.6. The molecule has 1 unspecified atom stereocenters. The number of aliphatic hydroxyl groups is 1. The van der Waals surface area contributed by atoms with Crippen LogP contribution in [0, 0.1) is 5.82 Å². The van der Waals surface area contributed by atoms with E-state index in [1.54, 1.807) is 54.6 Å². The first-order valence-corrected chi connectivity index (χ1v) is 10.2. The van der Waals surface area contributed by atoms with Crippen LogP contribution in [0.25, 0.3) is 0 Å².